The number of hydrogen-bond donors (Lipinski definition) is 1. The van der Waals surface area contributed by atoms with E-state index in [0.717, 1.165) is 8.95 Å². The molecule has 0 aliphatic heterocycles. The molecule has 2 aromatic carbocycles. The zero-order valence-corrected chi connectivity index (χ0v) is 27.4. The summed E-state index contributed by atoms with van der Waals surface area (Å²) in [7, 11) is 4.32. The van der Waals surface area contributed by atoms with E-state index in [1.807, 2.05) is 6.07 Å². The van der Waals surface area contributed by atoms with Crippen molar-refractivity contribution < 1.29 is 28.9 Å². The molecule has 0 amide bonds. The first-order valence-electron chi connectivity index (χ1n) is 13.5. The summed E-state index contributed by atoms with van der Waals surface area (Å²) in [5.41, 5.74) is -0.109. The summed E-state index contributed by atoms with van der Waals surface area (Å²) >= 11 is 6.73. The van der Waals surface area contributed by atoms with Crippen molar-refractivity contribution in [1.82, 2.24) is 9.97 Å². The first-order valence-corrected chi connectivity index (χ1v) is 15.1. The summed E-state index contributed by atoms with van der Waals surface area (Å²) in [5, 5.41) is 27.0. The fraction of sp³-hybridized carbons (Fsp3) is 0.310. The Hall–Kier alpha value is -4.44. The van der Waals surface area contributed by atoms with Crippen molar-refractivity contribution in [3.05, 3.63) is 78.0 Å². The topological polar surface area (TPSA) is 180 Å². The minimum absolute atomic E-state index is 0.131. The Balaban J connectivity index is 0.000000178. The van der Waals surface area contributed by atoms with Gasteiger partial charge in [-0.2, -0.15) is 0 Å². The van der Waals surface area contributed by atoms with Crippen LogP contribution in [0.2, 0.25) is 0 Å². The molecular formula is C29H26Br2N6O8. The van der Waals surface area contributed by atoms with Crippen LogP contribution in [0.25, 0.3) is 21.8 Å². The fourth-order valence-electron chi connectivity index (χ4n) is 5.19. The van der Waals surface area contributed by atoms with Gasteiger partial charge in [-0.05, 0) is 62.1 Å². The Morgan fingerprint density at radius 1 is 0.844 bits per heavy atom. The minimum Gasteiger partial charge on any atom is -0.467 e. The molecule has 14 nitrogen and oxygen atoms in total. The van der Waals surface area contributed by atoms with Crippen LogP contribution in [0.4, 0.5) is 22.7 Å². The molecule has 2 saturated carbocycles. The standard InChI is InChI=1S/C15H14BrN3O4.C14H12BrN3O4/c1-18(15(5-6-15)14(20)23-2)13-10-7-9(16)3-4-11(10)17-8-12(13)19(21)22;1-22-13(19)14(4-5-14)17-12-9-6-8(15)2-3-10(9)16-7-11(12)18(20)21/h3-4,7-8H,5-6H2,1-2H3;2-3,6-7H,4-5H2,1H3,(H,16,17). The van der Waals surface area contributed by atoms with Crippen molar-refractivity contribution in [2.24, 2.45) is 0 Å². The van der Waals surface area contributed by atoms with E-state index in [1.54, 1.807) is 42.3 Å². The first kappa shape index (κ1) is 32.0. The van der Waals surface area contributed by atoms with Gasteiger partial charge in [0, 0.05) is 26.8 Å². The maximum absolute atomic E-state index is 12.1. The molecule has 234 valence electrons. The van der Waals surface area contributed by atoms with Crippen LogP contribution in [-0.4, -0.2) is 64.1 Å². The van der Waals surface area contributed by atoms with Gasteiger partial charge in [-0.15, -0.1) is 0 Å². The van der Waals surface area contributed by atoms with Crippen LogP contribution in [0, 0.1) is 20.2 Å². The largest absolute Gasteiger partial charge is 0.467 e. The number of fused-ring (bicyclic) bond motifs is 2. The molecule has 0 spiro atoms. The lowest BCUT2D eigenvalue weighted by molar-refractivity contribution is -0.384. The monoisotopic (exact) mass is 744 g/mol. The molecule has 16 heteroatoms. The van der Waals surface area contributed by atoms with Crippen LogP contribution in [0.1, 0.15) is 25.7 Å². The zero-order chi connectivity index (χ0) is 32.7. The third-order valence-corrected chi connectivity index (χ3v) is 8.93. The molecule has 6 rings (SSSR count). The number of nitrogens with one attached hydrogen (secondary N) is 1. The number of methoxy groups -OCH3 is 2. The van der Waals surface area contributed by atoms with E-state index < -0.39 is 26.9 Å². The molecule has 0 radical (unpaired) electrons. The average Bonchev–Trinajstić information content (AvgIpc) is 3.96. The number of esters is 2. The number of ether oxygens (including phenoxy) is 2. The smallest absolute Gasteiger partial charge is 0.331 e. The van der Waals surface area contributed by atoms with Gasteiger partial charge in [0.05, 0.1) is 35.1 Å². The van der Waals surface area contributed by atoms with Crippen LogP contribution in [-0.2, 0) is 19.1 Å². The molecule has 4 aromatic rings. The van der Waals surface area contributed by atoms with Gasteiger partial charge >= 0.3 is 23.3 Å². The highest BCUT2D eigenvalue weighted by atomic mass is 79.9. The molecule has 2 aliphatic rings. The van der Waals surface area contributed by atoms with Crippen molar-refractivity contribution >= 4 is 88.4 Å². The third-order valence-electron chi connectivity index (χ3n) is 7.94. The van der Waals surface area contributed by atoms with Crippen molar-refractivity contribution in [2.45, 2.75) is 36.8 Å². The van der Waals surface area contributed by atoms with Gasteiger partial charge < -0.3 is 19.7 Å². The fourth-order valence-corrected chi connectivity index (χ4v) is 5.91. The van der Waals surface area contributed by atoms with E-state index in [2.05, 4.69) is 47.1 Å². The Bertz CT molecular complexity index is 1880. The number of likely N-dealkylation sites (N-methyl/N-ethyl adjacent to an activating group) is 1. The van der Waals surface area contributed by atoms with Gasteiger partial charge in [-0.3, -0.25) is 20.2 Å². The van der Waals surface area contributed by atoms with Crippen molar-refractivity contribution in [1.29, 1.82) is 0 Å². The molecule has 2 heterocycles. The van der Waals surface area contributed by atoms with E-state index in [0.29, 0.717) is 58.9 Å². The average molecular weight is 746 g/mol. The summed E-state index contributed by atoms with van der Waals surface area (Å²) in [6.07, 6.45) is 4.79. The number of anilines is 2. The maximum atomic E-state index is 12.1. The lowest BCUT2D eigenvalue weighted by Gasteiger charge is -2.28. The van der Waals surface area contributed by atoms with Gasteiger partial charge in [0.2, 0.25) is 0 Å². The summed E-state index contributed by atoms with van der Waals surface area (Å²) in [6, 6.07) is 10.7. The predicted molar refractivity (Wildman–Crippen MR) is 172 cm³/mol. The Morgan fingerprint density at radius 3 is 1.84 bits per heavy atom. The first-order chi connectivity index (χ1) is 21.4. The van der Waals surface area contributed by atoms with Crippen LogP contribution in [0.3, 0.4) is 0 Å². The van der Waals surface area contributed by atoms with E-state index in [1.165, 1.54) is 26.6 Å². The molecule has 2 fully saturated rings. The molecular weight excluding hydrogens is 720 g/mol. The number of pyridine rings is 2. The number of carbonyl (C=O) groups is 2. The number of hydrogen-bond acceptors (Lipinski definition) is 12. The van der Waals surface area contributed by atoms with Crippen LogP contribution < -0.4 is 10.2 Å². The molecule has 2 aromatic heterocycles. The van der Waals surface area contributed by atoms with E-state index in [4.69, 9.17) is 9.47 Å². The van der Waals surface area contributed by atoms with Gasteiger partial charge in [0.25, 0.3) is 0 Å². The Morgan fingerprint density at radius 2 is 1.36 bits per heavy atom. The second-order valence-corrected chi connectivity index (χ2v) is 12.5. The summed E-state index contributed by atoms with van der Waals surface area (Å²) in [4.78, 5) is 55.7. The molecule has 0 unspecified atom stereocenters. The van der Waals surface area contributed by atoms with E-state index in [-0.39, 0.29) is 17.3 Å². The van der Waals surface area contributed by atoms with Crippen molar-refractivity contribution in [3.63, 3.8) is 0 Å². The SMILES string of the molecule is COC(=O)C1(N(C)c2c([N+](=O)[O-])cnc3ccc(Br)cc23)CC1.COC(=O)C1(Nc2c([N+](=O)[O-])cnc3ccc(Br)cc23)CC1. The maximum Gasteiger partial charge on any atom is 0.331 e. The molecule has 0 bridgehead atoms. The number of aromatic nitrogens is 2. The number of nitro groups is 2. The quantitative estimate of drug-likeness (QED) is 0.125. The minimum atomic E-state index is -0.879. The van der Waals surface area contributed by atoms with Crippen molar-refractivity contribution in [2.75, 3.05) is 31.5 Å². The zero-order valence-electron chi connectivity index (χ0n) is 24.2. The number of halogens is 2. The summed E-state index contributed by atoms with van der Waals surface area (Å²) < 4.78 is 11.2. The highest BCUT2D eigenvalue weighted by Gasteiger charge is 2.56. The lowest BCUT2D eigenvalue weighted by atomic mass is 10.1. The normalized spacial score (nSPS) is 15.3. The second kappa shape index (κ2) is 12.2. The van der Waals surface area contributed by atoms with Gasteiger partial charge in [-0.1, -0.05) is 31.9 Å². The predicted octanol–water partition coefficient (Wildman–Crippen LogP) is 6.07. The van der Waals surface area contributed by atoms with E-state index >= 15 is 0 Å². The summed E-state index contributed by atoms with van der Waals surface area (Å²) in [5.74, 6) is -0.795. The molecule has 1 N–H and O–H groups in total. The van der Waals surface area contributed by atoms with Crippen LogP contribution >= 0.6 is 31.9 Å². The van der Waals surface area contributed by atoms with E-state index in [9.17, 15) is 29.8 Å². The second-order valence-electron chi connectivity index (χ2n) is 10.6. The Kier molecular flexibility index (Phi) is 8.64. The molecule has 2 aliphatic carbocycles. The molecule has 0 saturated heterocycles. The van der Waals surface area contributed by atoms with Gasteiger partial charge in [0.15, 0.2) is 0 Å². The highest BCUT2D eigenvalue weighted by molar-refractivity contribution is 9.10. The third kappa shape index (κ3) is 5.99. The molecule has 45 heavy (non-hydrogen) atoms. The van der Waals surface area contributed by atoms with Gasteiger partial charge in [0.1, 0.15) is 34.8 Å². The van der Waals surface area contributed by atoms with Crippen LogP contribution in [0.15, 0.2) is 57.7 Å². The van der Waals surface area contributed by atoms with Crippen LogP contribution in [0.5, 0.6) is 0 Å². The van der Waals surface area contributed by atoms with Crippen molar-refractivity contribution in [3.8, 4) is 0 Å². The van der Waals surface area contributed by atoms with Gasteiger partial charge in [-0.25, -0.2) is 19.6 Å². The highest BCUT2D eigenvalue weighted by Crippen LogP contribution is 2.48. The molecule has 0 atom stereocenters. The Labute approximate surface area is 272 Å². The number of nitrogens with zero attached hydrogens (tertiary/aromatic N) is 5. The number of carbonyl (C=O) groups excluding carboxylic acids is 2. The number of benzene rings is 2. The number of rotatable bonds is 8. The summed E-state index contributed by atoms with van der Waals surface area (Å²) in [6.45, 7) is 0. The lowest BCUT2D eigenvalue weighted by Crippen LogP contribution is -2.42.